The fourth-order valence-electron chi connectivity index (χ4n) is 1.02. The third-order valence-corrected chi connectivity index (χ3v) is 2.60. The van der Waals surface area contributed by atoms with Gasteiger partial charge >= 0.3 is 0 Å². The zero-order valence-electron chi connectivity index (χ0n) is 10.3. The van der Waals surface area contributed by atoms with Crippen molar-refractivity contribution in [3.63, 3.8) is 0 Å². The van der Waals surface area contributed by atoms with Gasteiger partial charge in [-0.15, -0.1) is 11.8 Å². The van der Waals surface area contributed by atoms with Crippen molar-refractivity contribution in [2.75, 3.05) is 12.0 Å². The van der Waals surface area contributed by atoms with Gasteiger partial charge in [0.2, 0.25) is 0 Å². The van der Waals surface area contributed by atoms with Gasteiger partial charge < -0.3 is 11.5 Å². The number of aliphatic imine (C=N–C) groups is 1. The van der Waals surface area contributed by atoms with E-state index in [9.17, 15) is 0 Å². The van der Waals surface area contributed by atoms with Gasteiger partial charge in [-0.2, -0.15) is 0 Å². The maximum absolute atomic E-state index is 5.72. The largest absolute Gasteiger partial charge is 0.382 e. The number of nitrogens with zero attached hydrogens (tertiary/aromatic N) is 3. The van der Waals surface area contributed by atoms with Gasteiger partial charge in [0.25, 0.3) is 0 Å². The maximum atomic E-state index is 5.72. The number of hydrogen-bond donors (Lipinski definition) is 2. The summed E-state index contributed by atoms with van der Waals surface area (Å²) in [6.45, 7) is 5.63. The van der Waals surface area contributed by atoms with Crippen LogP contribution in [0.25, 0.3) is 0 Å². The van der Waals surface area contributed by atoms with Gasteiger partial charge in [-0.05, 0) is 40.6 Å². The monoisotopic (exact) mass is 265 g/mol. The van der Waals surface area contributed by atoms with E-state index in [1.807, 2.05) is 25.3 Å². The van der Waals surface area contributed by atoms with E-state index < -0.39 is 0 Å². The average Bonchev–Trinajstić information content (AvgIpc) is 2.75. The average molecular weight is 265 g/mol. The van der Waals surface area contributed by atoms with Gasteiger partial charge in [0.1, 0.15) is 0 Å². The summed E-state index contributed by atoms with van der Waals surface area (Å²) >= 11 is 1.57. The summed E-state index contributed by atoms with van der Waals surface area (Å²) in [6, 6.07) is 0. The summed E-state index contributed by atoms with van der Waals surface area (Å²) in [5.41, 5.74) is 12.2. The molecule has 1 heterocycles. The molecule has 96 valence electrons. The highest BCUT2D eigenvalue weighted by Crippen LogP contribution is 2.10. The van der Waals surface area contributed by atoms with E-state index in [-0.39, 0.29) is 17.3 Å². The molecule has 0 aromatic carbocycles. The first-order chi connectivity index (χ1) is 8.54. The highest BCUT2D eigenvalue weighted by Gasteiger charge is 2.09. The minimum atomic E-state index is 0.121. The van der Waals surface area contributed by atoms with E-state index in [1.54, 1.807) is 17.8 Å². The third-order valence-electron chi connectivity index (χ3n) is 1.94. The lowest BCUT2D eigenvalue weighted by Gasteiger charge is -1.95. The van der Waals surface area contributed by atoms with Crippen molar-refractivity contribution >= 4 is 23.4 Å². The Morgan fingerprint density at radius 2 is 2.22 bits per heavy atom. The highest BCUT2D eigenvalue weighted by atomic mass is 32.2. The van der Waals surface area contributed by atoms with E-state index in [1.165, 1.54) is 0 Å². The predicted octanol–water partition coefficient (Wildman–Crippen LogP) is 1.69. The van der Waals surface area contributed by atoms with E-state index in [0.717, 1.165) is 4.91 Å². The molecule has 0 saturated heterocycles. The van der Waals surface area contributed by atoms with Crippen LogP contribution in [0.15, 0.2) is 45.0 Å². The topological polar surface area (TPSA) is 103 Å². The molecule has 0 bridgehead atoms. The van der Waals surface area contributed by atoms with Gasteiger partial charge in [-0.25, -0.2) is 9.62 Å². The maximum Gasteiger partial charge on any atom is 0.199 e. The molecule has 7 heteroatoms. The first kappa shape index (κ1) is 14.0. The number of allylic oxidation sites excluding steroid dienone is 4. The molecule has 0 unspecified atom stereocenters. The van der Waals surface area contributed by atoms with Crippen molar-refractivity contribution in [2.24, 2.45) is 10.7 Å². The lowest BCUT2D eigenvalue weighted by atomic mass is 10.3. The molecule has 0 aliphatic rings. The van der Waals surface area contributed by atoms with Gasteiger partial charge in [0.05, 0.1) is 0 Å². The number of thioether (sulfide) groups is 1. The number of aromatic nitrogens is 2. The minimum Gasteiger partial charge on any atom is -0.382 e. The van der Waals surface area contributed by atoms with E-state index in [2.05, 4.69) is 26.5 Å². The standard InChI is InChI=1S/C11H15N5OS/c1-7(5-4-6-8(2)18-3)14-10(12)9-11(13)16-17-15-9/h4-6H,2H2,1,3H3,(H2,12,14)(H2,13,16)/b6-4-,7-5+. The zero-order valence-corrected chi connectivity index (χ0v) is 11.1. The van der Waals surface area contributed by atoms with Crippen molar-refractivity contribution < 1.29 is 4.63 Å². The van der Waals surface area contributed by atoms with Crippen molar-refractivity contribution in [3.05, 3.63) is 41.1 Å². The Morgan fingerprint density at radius 1 is 1.50 bits per heavy atom. The number of nitrogens with two attached hydrogens (primary N) is 2. The molecule has 0 amide bonds. The highest BCUT2D eigenvalue weighted by molar-refractivity contribution is 8.02. The molecule has 0 spiro atoms. The first-order valence-electron chi connectivity index (χ1n) is 5.05. The molecule has 1 rings (SSSR count). The Bertz CT molecular complexity index is 515. The van der Waals surface area contributed by atoms with Crippen LogP contribution in [0.5, 0.6) is 0 Å². The first-order valence-corrected chi connectivity index (χ1v) is 6.27. The van der Waals surface area contributed by atoms with Crippen molar-refractivity contribution in [2.45, 2.75) is 6.92 Å². The predicted molar refractivity (Wildman–Crippen MR) is 75.0 cm³/mol. The number of nitrogen functional groups attached to an aromatic ring is 1. The van der Waals surface area contributed by atoms with Crippen LogP contribution in [0.3, 0.4) is 0 Å². The molecule has 1 aromatic heterocycles. The molecule has 18 heavy (non-hydrogen) atoms. The molecule has 4 N–H and O–H groups in total. The summed E-state index contributed by atoms with van der Waals surface area (Å²) in [6.07, 6.45) is 7.49. The summed E-state index contributed by atoms with van der Waals surface area (Å²) in [4.78, 5) is 5.09. The van der Waals surface area contributed by atoms with Crippen LogP contribution in [-0.2, 0) is 0 Å². The second-order valence-corrected chi connectivity index (χ2v) is 4.27. The van der Waals surface area contributed by atoms with E-state index >= 15 is 0 Å². The Kier molecular flexibility index (Phi) is 5.19. The summed E-state index contributed by atoms with van der Waals surface area (Å²) in [5, 5.41) is 6.99. The van der Waals surface area contributed by atoms with Crippen LogP contribution in [-0.4, -0.2) is 22.4 Å². The van der Waals surface area contributed by atoms with Gasteiger partial charge in [0, 0.05) is 5.70 Å². The third kappa shape index (κ3) is 4.10. The van der Waals surface area contributed by atoms with Crippen LogP contribution >= 0.6 is 11.8 Å². The fraction of sp³-hybridized carbons (Fsp3) is 0.182. The van der Waals surface area contributed by atoms with Crippen molar-refractivity contribution in [1.29, 1.82) is 0 Å². The minimum absolute atomic E-state index is 0.121. The lowest BCUT2D eigenvalue weighted by molar-refractivity contribution is 0.308. The number of hydrogen-bond acceptors (Lipinski definition) is 6. The van der Waals surface area contributed by atoms with Crippen molar-refractivity contribution in [3.8, 4) is 0 Å². The van der Waals surface area contributed by atoms with E-state index in [0.29, 0.717) is 5.70 Å². The summed E-state index contributed by atoms with van der Waals surface area (Å²) < 4.78 is 4.44. The molecule has 0 aliphatic heterocycles. The normalized spacial score (nSPS) is 13.2. The molecular weight excluding hydrogens is 250 g/mol. The van der Waals surface area contributed by atoms with Crippen LogP contribution in [0.2, 0.25) is 0 Å². The molecule has 0 fully saturated rings. The SMILES string of the molecule is C=C(/C=C\C=C(/C)N=C(N)c1nonc1N)SC. The quantitative estimate of drug-likeness (QED) is 0.477. The molecule has 0 radical (unpaired) electrons. The van der Waals surface area contributed by atoms with Crippen molar-refractivity contribution in [1.82, 2.24) is 10.3 Å². The second-order valence-electron chi connectivity index (χ2n) is 3.33. The molecule has 0 atom stereocenters. The second kappa shape index (κ2) is 6.65. The van der Waals surface area contributed by atoms with E-state index in [4.69, 9.17) is 11.5 Å². The number of amidine groups is 1. The Morgan fingerprint density at radius 3 is 2.78 bits per heavy atom. The number of rotatable bonds is 5. The molecule has 0 saturated carbocycles. The Balaban J connectivity index is 2.77. The fourth-order valence-corrected chi connectivity index (χ4v) is 1.23. The molecule has 1 aromatic rings. The summed E-state index contributed by atoms with van der Waals surface area (Å²) in [5.74, 6) is 0.287. The Labute approximate surface area is 109 Å². The number of anilines is 1. The summed E-state index contributed by atoms with van der Waals surface area (Å²) in [7, 11) is 0. The molecule has 6 nitrogen and oxygen atoms in total. The lowest BCUT2D eigenvalue weighted by Crippen LogP contribution is -2.15. The zero-order chi connectivity index (χ0) is 13.5. The molecular formula is C11H15N5OS. The van der Waals surface area contributed by atoms with Gasteiger partial charge in [0.15, 0.2) is 17.3 Å². The van der Waals surface area contributed by atoms with Crippen LogP contribution in [0, 0.1) is 0 Å². The van der Waals surface area contributed by atoms with Crippen LogP contribution < -0.4 is 11.5 Å². The van der Waals surface area contributed by atoms with Gasteiger partial charge in [-0.3, -0.25) is 0 Å². The smallest absolute Gasteiger partial charge is 0.199 e. The van der Waals surface area contributed by atoms with Crippen LogP contribution in [0.4, 0.5) is 5.82 Å². The molecule has 0 aliphatic carbocycles. The van der Waals surface area contributed by atoms with Crippen LogP contribution in [0.1, 0.15) is 12.6 Å². The Hall–Kier alpha value is -2.02. The van der Waals surface area contributed by atoms with Gasteiger partial charge in [-0.1, -0.05) is 12.7 Å².